The Kier molecular flexibility index (Phi) is 8.56. The van der Waals surface area contributed by atoms with Gasteiger partial charge in [-0.2, -0.15) is 11.8 Å². The number of aliphatic hydroxyl groups is 1. The van der Waals surface area contributed by atoms with E-state index < -0.39 is 36.0 Å². The van der Waals surface area contributed by atoms with Gasteiger partial charge < -0.3 is 25.2 Å². The van der Waals surface area contributed by atoms with Crippen LogP contribution in [0.3, 0.4) is 0 Å². The molecule has 0 radical (unpaired) electrons. The number of carbonyl (C=O) groups excluding carboxylic acids is 3. The van der Waals surface area contributed by atoms with E-state index in [-0.39, 0.29) is 19.8 Å². The van der Waals surface area contributed by atoms with Crippen molar-refractivity contribution in [2.24, 2.45) is 0 Å². The first-order valence-electron chi connectivity index (χ1n) is 8.69. The Morgan fingerprint density at radius 2 is 2.00 bits per heavy atom. The van der Waals surface area contributed by atoms with Crippen LogP contribution in [0.25, 0.3) is 0 Å². The van der Waals surface area contributed by atoms with Gasteiger partial charge in [-0.15, -0.1) is 0 Å². The van der Waals surface area contributed by atoms with Gasteiger partial charge in [0.2, 0.25) is 5.91 Å². The third-order valence-electron chi connectivity index (χ3n) is 3.71. The molecule has 2 rings (SSSR count). The predicted molar refractivity (Wildman–Crippen MR) is 99.9 cm³/mol. The maximum absolute atomic E-state index is 12.3. The van der Waals surface area contributed by atoms with Crippen molar-refractivity contribution >= 4 is 29.5 Å². The summed E-state index contributed by atoms with van der Waals surface area (Å²) in [5.41, 5.74) is 1.11. The summed E-state index contributed by atoms with van der Waals surface area (Å²) in [5.74, 6) is -0.484. The van der Waals surface area contributed by atoms with Gasteiger partial charge in [-0.3, -0.25) is 9.59 Å². The largest absolute Gasteiger partial charge is 0.464 e. The summed E-state index contributed by atoms with van der Waals surface area (Å²) < 4.78 is 9.87. The van der Waals surface area contributed by atoms with Crippen LogP contribution in [0.1, 0.15) is 12.5 Å². The van der Waals surface area contributed by atoms with Gasteiger partial charge in [0.15, 0.2) is 12.2 Å². The van der Waals surface area contributed by atoms with Gasteiger partial charge in [0.05, 0.1) is 13.2 Å². The van der Waals surface area contributed by atoms with Gasteiger partial charge in [-0.1, -0.05) is 30.3 Å². The number of hydrogen-bond acceptors (Lipinski definition) is 7. The molecule has 27 heavy (non-hydrogen) atoms. The van der Waals surface area contributed by atoms with Crippen LogP contribution in [0.4, 0.5) is 0 Å². The molecule has 3 N–H and O–H groups in total. The lowest BCUT2D eigenvalue weighted by Gasteiger charge is -2.17. The summed E-state index contributed by atoms with van der Waals surface area (Å²) in [5, 5.41) is 14.0. The Labute approximate surface area is 162 Å². The van der Waals surface area contributed by atoms with Gasteiger partial charge in [0, 0.05) is 18.1 Å². The first kappa shape index (κ1) is 21.2. The molecule has 148 valence electrons. The molecule has 1 aromatic carbocycles. The fourth-order valence-electron chi connectivity index (χ4n) is 2.32. The zero-order valence-electron chi connectivity index (χ0n) is 15.1. The normalized spacial score (nSPS) is 19.0. The minimum absolute atomic E-state index is 0.0972. The molecule has 0 aliphatic carbocycles. The topological polar surface area (TPSA) is 117 Å². The molecule has 1 aliphatic heterocycles. The van der Waals surface area contributed by atoms with Crippen molar-refractivity contribution in [2.45, 2.75) is 30.9 Å². The number of aliphatic hydroxyl groups excluding tert-OH is 1. The number of rotatable bonds is 11. The fourth-order valence-corrected chi connectivity index (χ4v) is 3.34. The second-order valence-electron chi connectivity index (χ2n) is 5.81. The zero-order chi connectivity index (χ0) is 19.6. The highest BCUT2D eigenvalue weighted by molar-refractivity contribution is 7.98. The van der Waals surface area contributed by atoms with Crippen LogP contribution in [-0.4, -0.2) is 66.7 Å². The van der Waals surface area contributed by atoms with Crippen LogP contribution >= 0.6 is 11.8 Å². The second-order valence-corrected chi connectivity index (χ2v) is 6.84. The smallest absolute Gasteiger partial charge is 0.338 e. The number of amides is 2. The average molecular weight is 396 g/mol. The molecular formula is C18H24N2O6S. The third kappa shape index (κ3) is 6.85. The molecule has 1 fully saturated rings. The second kappa shape index (κ2) is 10.9. The molecule has 1 heterocycles. The number of carbonyl (C=O) groups is 3. The minimum Gasteiger partial charge on any atom is -0.464 e. The van der Waals surface area contributed by atoms with E-state index in [1.165, 1.54) is 11.8 Å². The quantitative estimate of drug-likeness (QED) is 0.352. The van der Waals surface area contributed by atoms with Crippen molar-refractivity contribution in [3.63, 3.8) is 0 Å². The summed E-state index contributed by atoms with van der Waals surface area (Å²) >= 11 is 1.50. The maximum Gasteiger partial charge on any atom is 0.338 e. The number of esters is 1. The van der Waals surface area contributed by atoms with E-state index in [2.05, 4.69) is 10.6 Å². The van der Waals surface area contributed by atoms with Gasteiger partial charge in [0.1, 0.15) is 6.04 Å². The van der Waals surface area contributed by atoms with Crippen LogP contribution < -0.4 is 10.6 Å². The molecular weight excluding hydrogens is 372 g/mol. The van der Waals surface area contributed by atoms with E-state index >= 15 is 0 Å². The van der Waals surface area contributed by atoms with Gasteiger partial charge in [0.25, 0.3) is 5.91 Å². The molecule has 1 saturated heterocycles. The molecule has 0 spiro atoms. The molecule has 1 aliphatic rings. The summed E-state index contributed by atoms with van der Waals surface area (Å²) in [4.78, 5) is 36.1. The molecule has 8 nitrogen and oxygen atoms in total. The fraction of sp³-hybridized carbons (Fsp3) is 0.500. The standard InChI is InChI=1S/C18H24N2O6S/c1-2-25-18(24)15-14(26-15)17(23)20-13(16(22)19-8-9-21)11-27-10-12-6-4-3-5-7-12/h3-7,13-15,21H,2,8-11H2,1H3,(H,19,22)(H,20,23)/t13-,14-,15-/m0/s1. The number of thioether (sulfide) groups is 1. The van der Waals surface area contributed by atoms with Crippen molar-refractivity contribution in [2.75, 3.05) is 25.5 Å². The lowest BCUT2D eigenvalue weighted by molar-refractivity contribution is -0.144. The molecule has 0 saturated carbocycles. The van der Waals surface area contributed by atoms with E-state index in [0.29, 0.717) is 11.5 Å². The van der Waals surface area contributed by atoms with E-state index in [0.717, 1.165) is 5.56 Å². The van der Waals surface area contributed by atoms with Gasteiger partial charge in [-0.05, 0) is 12.5 Å². The summed E-state index contributed by atoms with van der Waals surface area (Å²) in [6, 6.07) is 8.95. The molecule has 0 bridgehead atoms. The van der Waals surface area contributed by atoms with Crippen LogP contribution in [-0.2, 0) is 29.6 Å². The first-order valence-corrected chi connectivity index (χ1v) is 9.85. The van der Waals surface area contributed by atoms with Crippen molar-refractivity contribution in [1.29, 1.82) is 0 Å². The van der Waals surface area contributed by atoms with Crippen LogP contribution in [0.5, 0.6) is 0 Å². The van der Waals surface area contributed by atoms with Crippen molar-refractivity contribution in [1.82, 2.24) is 10.6 Å². The van der Waals surface area contributed by atoms with Crippen LogP contribution in [0.15, 0.2) is 30.3 Å². The predicted octanol–water partition coefficient (Wildman–Crippen LogP) is -0.156. The Balaban J connectivity index is 1.87. The summed E-state index contributed by atoms with van der Waals surface area (Å²) in [7, 11) is 0. The minimum atomic E-state index is -0.934. The SMILES string of the molecule is CCOC(=O)[C@H]1O[C@@H]1C(=O)N[C@@H](CSCc1ccccc1)C(=O)NCCO. The molecule has 0 aromatic heterocycles. The third-order valence-corrected chi connectivity index (χ3v) is 4.82. The maximum atomic E-state index is 12.3. The lowest BCUT2D eigenvalue weighted by Crippen LogP contribution is -2.50. The Morgan fingerprint density at radius 3 is 2.67 bits per heavy atom. The highest BCUT2D eigenvalue weighted by atomic mass is 32.2. The number of epoxide rings is 1. The number of nitrogens with one attached hydrogen (secondary N) is 2. The Bertz CT molecular complexity index is 642. The van der Waals surface area contributed by atoms with E-state index in [9.17, 15) is 14.4 Å². The number of hydrogen-bond donors (Lipinski definition) is 3. The first-order chi connectivity index (χ1) is 13.1. The summed E-state index contributed by atoms with van der Waals surface area (Å²) in [6.45, 7) is 1.77. The number of benzene rings is 1. The van der Waals surface area contributed by atoms with Gasteiger partial charge in [-0.25, -0.2) is 4.79 Å². The molecule has 2 amide bonds. The summed E-state index contributed by atoms with van der Waals surface area (Å²) in [6.07, 6.45) is -1.85. The zero-order valence-corrected chi connectivity index (χ0v) is 15.9. The van der Waals surface area contributed by atoms with Crippen molar-refractivity contribution in [3.05, 3.63) is 35.9 Å². The van der Waals surface area contributed by atoms with E-state index in [4.69, 9.17) is 14.6 Å². The molecule has 9 heteroatoms. The van der Waals surface area contributed by atoms with E-state index in [1.807, 2.05) is 30.3 Å². The Morgan fingerprint density at radius 1 is 1.26 bits per heavy atom. The van der Waals surface area contributed by atoms with Crippen LogP contribution in [0.2, 0.25) is 0 Å². The Hall–Kier alpha value is -2.10. The number of ether oxygens (including phenoxy) is 2. The monoisotopic (exact) mass is 396 g/mol. The van der Waals surface area contributed by atoms with Crippen molar-refractivity contribution < 1.29 is 29.0 Å². The molecule has 3 atom stereocenters. The van der Waals surface area contributed by atoms with E-state index in [1.54, 1.807) is 6.92 Å². The average Bonchev–Trinajstić information content (AvgIpc) is 3.47. The molecule has 0 unspecified atom stereocenters. The lowest BCUT2D eigenvalue weighted by atomic mass is 10.2. The highest BCUT2D eigenvalue weighted by Gasteiger charge is 2.52. The van der Waals surface area contributed by atoms with Crippen LogP contribution in [0, 0.1) is 0 Å². The highest BCUT2D eigenvalue weighted by Crippen LogP contribution is 2.24. The molecule has 1 aromatic rings. The van der Waals surface area contributed by atoms with Crippen molar-refractivity contribution in [3.8, 4) is 0 Å². The van der Waals surface area contributed by atoms with Gasteiger partial charge >= 0.3 is 5.97 Å².